The van der Waals surface area contributed by atoms with Crippen molar-refractivity contribution >= 4 is 29.3 Å². The Balaban J connectivity index is 1.34. The standard InChI is InChI=1S/C37H39N3O5/c1-38(2)33-15-11-31(12-16-33)30-9-6-29(7-10-30)27-40(34-5-3-4-28(26-34)8-19-36(41)42)37(43)32-13-17-35(18-14-32)45-25-22-39-20-23-44-24-21-39/h3-19,26H,20-25,27H2,1-2H3,(H,41,42). The molecule has 8 nitrogen and oxygen atoms in total. The second kappa shape index (κ2) is 15.2. The zero-order chi connectivity index (χ0) is 31.6. The van der Waals surface area contributed by atoms with Gasteiger partial charge in [0.15, 0.2) is 0 Å². The number of carbonyl (C=O) groups excluding carboxylic acids is 1. The maximum atomic E-state index is 14.0. The van der Waals surface area contributed by atoms with Gasteiger partial charge in [0.25, 0.3) is 5.91 Å². The van der Waals surface area contributed by atoms with Crippen molar-refractivity contribution in [3.63, 3.8) is 0 Å². The number of ether oxygens (including phenoxy) is 2. The van der Waals surface area contributed by atoms with Crippen LogP contribution in [0.2, 0.25) is 0 Å². The lowest BCUT2D eigenvalue weighted by Crippen LogP contribution is -2.38. The Morgan fingerprint density at radius 1 is 0.867 bits per heavy atom. The van der Waals surface area contributed by atoms with Crippen molar-refractivity contribution in [3.05, 3.63) is 120 Å². The van der Waals surface area contributed by atoms with Gasteiger partial charge in [0.05, 0.1) is 19.8 Å². The number of carboxylic acid groups (broad SMARTS) is 1. The first-order valence-corrected chi connectivity index (χ1v) is 15.1. The molecule has 0 aromatic heterocycles. The van der Waals surface area contributed by atoms with Crippen LogP contribution in [0, 0.1) is 0 Å². The molecule has 1 aliphatic heterocycles. The molecule has 1 aliphatic rings. The number of rotatable bonds is 12. The molecule has 1 saturated heterocycles. The first-order chi connectivity index (χ1) is 21.9. The average molecular weight is 606 g/mol. The molecule has 232 valence electrons. The SMILES string of the molecule is CN(C)c1ccc(-c2ccc(CN(C(=O)c3ccc(OCCN4CCOCC4)cc3)c3cccc(C=CC(=O)O)c3)cc2)cc1. The number of benzene rings is 4. The minimum absolute atomic E-state index is 0.169. The third-order valence-electron chi connectivity index (χ3n) is 7.74. The van der Waals surface area contributed by atoms with Gasteiger partial charge in [-0.05, 0) is 76.9 Å². The molecule has 45 heavy (non-hydrogen) atoms. The normalized spacial score (nSPS) is 13.5. The second-order valence-corrected chi connectivity index (χ2v) is 11.1. The van der Waals surface area contributed by atoms with Crippen LogP contribution < -0.4 is 14.5 Å². The zero-order valence-corrected chi connectivity index (χ0v) is 25.8. The molecule has 5 rings (SSSR count). The Hall–Kier alpha value is -4.92. The highest BCUT2D eigenvalue weighted by atomic mass is 16.5. The number of nitrogens with zero attached hydrogens (tertiary/aromatic N) is 3. The Morgan fingerprint density at radius 2 is 1.53 bits per heavy atom. The van der Waals surface area contributed by atoms with E-state index in [1.54, 1.807) is 17.0 Å². The van der Waals surface area contributed by atoms with Gasteiger partial charge in [-0.1, -0.05) is 48.5 Å². The maximum Gasteiger partial charge on any atom is 0.328 e. The molecule has 0 unspecified atom stereocenters. The highest BCUT2D eigenvalue weighted by Gasteiger charge is 2.19. The van der Waals surface area contributed by atoms with Gasteiger partial charge in [-0.3, -0.25) is 9.69 Å². The van der Waals surface area contributed by atoms with Crippen LogP contribution in [0.1, 0.15) is 21.5 Å². The third-order valence-corrected chi connectivity index (χ3v) is 7.74. The zero-order valence-electron chi connectivity index (χ0n) is 25.8. The van der Waals surface area contributed by atoms with Crippen molar-refractivity contribution in [3.8, 4) is 16.9 Å². The van der Waals surface area contributed by atoms with Crippen LogP contribution in [0.25, 0.3) is 17.2 Å². The van der Waals surface area contributed by atoms with Gasteiger partial charge < -0.3 is 24.4 Å². The molecule has 0 radical (unpaired) electrons. The van der Waals surface area contributed by atoms with E-state index in [0.717, 1.165) is 61.3 Å². The van der Waals surface area contributed by atoms with Crippen LogP contribution in [0.4, 0.5) is 11.4 Å². The van der Waals surface area contributed by atoms with Crippen molar-refractivity contribution in [2.45, 2.75) is 6.54 Å². The van der Waals surface area contributed by atoms with Crippen LogP contribution in [0.3, 0.4) is 0 Å². The first kappa shape index (κ1) is 31.5. The van der Waals surface area contributed by atoms with Crippen molar-refractivity contribution in [2.75, 3.05) is 63.4 Å². The highest BCUT2D eigenvalue weighted by Crippen LogP contribution is 2.26. The molecule has 1 fully saturated rings. The summed E-state index contributed by atoms with van der Waals surface area (Å²) in [7, 11) is 4.04. The molecule has 0 bridgehead atoms. The lowest BCUT2D eigenvalue weighted by molar-refractivity contribution is -0.131. The lowest BCUT2D eigenvalue weighted by atomic mass is 10.0. The molecular formula is C37H39N3O5. The molecular weight excluding hydrogens is 566 g/mol. The van der Waals surface area contributed by atoms with Gasteiger partial charge in [0, 0.05) is 56.7 Å². The molecule has 1 heterocycles. The smallest absolute Gasteiger partial charge is 0.328 e. The van der Waals surface area contributed by atoms with Crippen LogP contribution in [-0.4, -0.2) is 75.4 Å². The molecule has 0 saturated carbocycles. The summed E-state index contributed by atoms with van der Waals surface area (Å²) in [5.74, 6) is -0.490. The molecule has 1 N–H and O–H groups in total. The number of hydrogen-bond acceptors (Lipinski definition) is 6. The van der Waals surface area contributed by atoms with Crippen LogP contribution in [0.15, 0.2) is 103 Å². The summed E-state index contributed by atoms with van der Waals surface area (Å²) in [5, 5.41) is 9.10. The van der Waals surface area contributed by atoms with Gasteiger partial charge in [0.1, 0.15) is 12.4 Å². The second-order valence-electron chi connectivity index (χ2n) is 11.1. The predicted molar refractivity (Wildman–Crippen MR) is 179 cm³/mol. The minimum atomic E-state index is -1.03. The van der Waals surface area contributed by atoms with E-state index in [1.807, 2.05) is 62.6 Å². The number of amides is 1. The molecule has 0 spiro atoms. The van der Waals surface area contributed by atoms with E-state index in [1.165, 1.54) is 6.08 Å². The van der Waals surface area contributed by atoms with Crippen LogP contribution in [0.5, 0.6) is 5.75 Å². The third kappa shape index (κ3) is 8.81. The fourth-order valence-electron chi connectivity index (χ4n) is 5.15. The van der Waals surface area contributed by atoms with E-state index in [2.05, 4.69) is 46.2 Å². The van der Waals surface area contributed by atoms with Gasteiger partial charge in [0.2, 0.25) is 0 Å². The van der Waals surface area contributed by atoms with E-state index in [0.29, 0.717) is 35.7 Å². The molecule has 0 atom stereocenters. The Labute approximate surface area is 264 Å². The van der Waals surface area contributed by atoms with Crippen molar-refractivity contribution < 1.29 is 24.2 Å². The molecule has 4 aromatic carbocycles. The molecule has 1 amide bonds. The largest absolute Gasteiger partial charge is 0.492 e. The van der Waals surface area contributed by atoms with Crippen molar-refractivity contribution in [2.24, 2.45) is 0 Å². The molecule has 0 aliphatic carbocycles. The Morgan fingerprint density at radius 3 is 2.18 bits per heavy atom. The van der Waals surface area contributed by atoms with E-state index >= 15 is 0 Å². The summed E-state index contributed by atoms with van der Waals surface area (Å²) in [6.45, 7) is 5.04. The van der Waals surface area contributed by atoms with Gasteiger partial charge in [-0.2, -0.15) is 0 Å². The number of anilines is 2. The minimum Gasteiger partial charge on any atom is -0.492 e. The molecule has 8 heteroatoms. The van der Waals surface area contributed by atoms with E-state index in [9.17, 15) is 9.59 Å². The summed E-state index contributed by atoms with van der Waals surface area (Å²) in [6.07, 6.45) is 2.61. The predicted octanol–water partition coefficient (Wildman–Crippen LogP) is 6.08. The van der Waals surface area contributed by atoms with Crippen LogP contribution in [-0.2, 0) is 16.1 Å². The monoisotopic (exact) mass is 605 g/mol. The Kier molecular flexibility index (Phi) is 10.6. The van der Waals surface area contributed by atoms with Gasteiger partial charge in [-0.15, -0.1) is 0 Å². The van der Waals surface area contributed by atoms with Gasteiger partial charge in [-0.25, -0.2) is 4.79 Å². The Bertz CT molecular complexity index is 1590. The fraction of sp³-hybridized carbons (Fsp3) is 0.243. The summed E-state index contributed by atoms with van der Waals surface area (Å²) in [5.41, 5.74) is 6.19. The summed E-state index contributed by atoms with van der Waals surface area (Å²) in [6, 6.07) is 31.1. The van der Waals surface area contributed by atoms with Crippen molar-refractivity contribution in [1.29, 1.82) is 0 Å². The number of carboxylic acids is 1. The van der Waals surface area contributed by atoms with Crippen LogP contribution >= 0.6 is 0 Å². The first-order valence-electron chi connectivity index (χ1n) is 15.1. The van der Waals surface area contributed by atoms with Crippen molar-refractivity contribution in [1.82, 2.24) is 4.90 Å². The fourth-order valence-corrected chi connectivity index (χ4v) is 5.15. The topological polar surface area (TPSA) is 82.5 Å². The van der Waals surface area contributed by atoms with E-state index in [4.69, 9.17) is 14.6 Å². The van der Waals surface area contributed by atoms with E-state index in [-0.39, 0.29) is 5.91 Å². The molecule has 4 aromatic rings. The number of aliphatic carboxylic acids is 1. The lowest BCUT2D eigenvalue weighted by Gasteiger charge is -2.26. The van der Waals surface area contributed by atoms with E-state index < -0.39 is 5.97 Å². The maximum absolute atomic E-state index is 14.0. The highest BCUT2D eigenvalue weighted by molar-refractivity contribution is 6.06. The number of hydrogen-bond donors (Lipinski definition) is 1. The summed E-state index contributed by atoms with van der Waals surface area (Å²) in [4.78, 5) is 31.2. The number of carbonyl (C=O) groups is 2. The summed E-state index contributed by atoms with van der Waals surface area (Å²) < 4.78 is 11.4. The quantitative estimate of drug-likeness (QED) is 0.196. The summed E-state index contributed by atoms with van der Waals surface area (Å²) >= 11 is 0. The average Bonchev–Trinajstić information content (AvgIpc) is 3.07. The number of morpholine rings is 1. The van der Waals surface area contributed by atoms with Gasteiger partial charge >= 0.3 is 5.97 Å².